The van der Waals surface area contributed by atoms with E-state index in [0.717, 1.165) is 6.42 Å². The van der Waals surface area contributed by atoms with Gasteiger partial charge in [-0.3, -0.25) is 4.79 Å². The Balaban J connectivity index is 2.89. The SMILES string of the molecule is C[N+]1(C(N)=O)CC[CH]CC1C(N)=O. The maximum Gasteiger partial charge on any atom is 0.414 e. The van der Waals surface area contributed by atoms with Crippen molar-refractivity contribution in [1.29, 1.82) is 0 Å². The molecule has 0 saturated carbocycles. The number of likely N-dealkylation sites (N-methyl/N-ethyl adjacent to an activating group) is 1. The zero-order chi connectivity index (χ0) is 10.1. The number of nitrogens with two attached hydrogens (primary N) is 2. The van der Waals surface area contributed by atoms with E-state index in [0.29, 0.717) is 13.0 Å². The molecule has 0 aliphatic carbocycles. The second-order valence-electron chi connectivity index (χ2n) is 3.56. The van der Waals surface area contributed by atoms with Crippen LogP contribution in [0.15, 0.2) is 0 Å². The van der Waals surface area contributed by atoms with Crippen molar-refractivity contribution in [2.75, 3.05) is 13.6 Å². The van der Waals surface area contributed by atoms with Crippen molar-refractivity contribution in [2.45, 2.75) is 18.9 Å². The topological polar surface area (TPSA) is 86.2 Å². The molecule has 1 aliphatic rings. The van der Waals surface area contributed by atoms with Gasteiger partial charge in [0.1, 0.15) is 0 Å². The quantitative estimate of drug-likeness (QED) is 0.532. The highest BCUT2D eigenvalue weighted by Crippen LogP contribution is 2.22. The van der Waals surface area contributed by atoms with Crippen LogP contribution in [0.2, 0.25) is 0 Å². The van der Waals surface area contributed by atoms with Crippen LogP contribution < -0.4 is 11.5 Å². The third-order valence-corrected chi connectivity index (χ3v) is 2.71. The smallest absolute Gasteiger partial charge is 0.364 e. The predicted molar refractivity (Wildman–Crippen MR) is 47.2 cm³/mol. The third-order valence-electron chi connectivity index (χ3n) is 2.71. The van der Waals surface area contributed by atoms with Gasteiger partial charge in [-0.2, -0.15) is 0 Å². The summed E-state index contributed by atoms with van der Waals surface area (Å²) in [7, 11) is 1.66. The van der Waals surface area contributed by atoms with E-state index in [1.54, 1.807) is 7.05 Å². The van der Waals surface area contributed by atoms with Crippen LogP contribution in [0.25, 0.3) is 0 Å². The molecule has 5 nitrogen and oxygen atoms in total. The Morgan fingerprint density at radius 2 is 2.08 bits per heavy atom. The molecule has 2 unspecified atom stereocenters. The van der Waals surface area contributed by atoms with Gasteiger partial charge in [0.05, 0.1) is 13.6 Å². The molecule has 0 aromatic carbocycles. The van der Waals surface area contributed by atoms with E-state index >= 15 is 0 Å². The monoisotopic (exact) mass is 185 g/mol. The number of rotatable bonds is 1. The van der Waals surface area contributed by atoms with Crippen LogP contribution in [0.3, 0.4) is 0 Å². The van der Waals surface area contributed by atoms with Gasteiger partial charge in [0.15, 0.2) is 6.04 Å². The zero-order valence-corrected chi connectivity index (χ0v) is 7.69. The second-order valence-corrected chi connectivity index (χ2v) is 3.56. The lowest BCUT2D eigenvalue weighted by molar-refractivity contribution is -0.849. The van der Waals surface area contributed by atoms with Crippen molar-refractivity contribution in [3.05, 3.63) is 6.42 Å². The number of hydrogen-bond acceptors (Lipinski definition) is 2. The lowest BCUT2D eigenvalue weighted by atomic mass is 9.99. The minimum absolute atomic E-state index is 0.0637. The Morgan fingerprint density at radius 3 is 2.46 bits per heavy atom. The fourth-order valence-electron chi connectivity index (χ4n) is 1.68. The van der Waals surface area contributed by atoms with Gasteiger partial charge in [-0.15, -0.1) is 0 Å². The molecule has 1 rings (SSSR count). The normalized spacial score (nSPS) is 34.1. The summed E-state index contributed by atoms with van der Waals surface area (Å²) in [6, 6.07) is -0.983. The first-order valence-corrected chi connectivity index (χ1v) is 4.24. The Kier molecular flexibility index (Phi) is 2.56. The lowest BCUT2D eigenvalue weighted by Crippen LogP contribution is -2.64. The van der Waals surface area contributed by atoms with Crippen LogP contribution in [-0.2, 0) is 4.79 Å². The molecular formula is C8H15N3O2+. The van der Waals surface area contributed by atoms with Crippen molar-refractivity contribution in [3.8, 4) is 0 Å². The molecule has 1 fully saturated rings. The van der Waals surface area contributed by atoms with Crippen LogP contribution >= 0.6 is 0 Å². The van der Waals surface area contributed by atoms with Crippen molar-refractivity contribution in [1.82, 2.24) is 0 Å². The van der Waals surface area contributed by atoms with Crippen molar-refractivity contribution in [2.24, 2.45) is 11.5 Å². The molecule has 0 spiro atoms. The molecule has 5 heteroatoms. The van der Waals surface area contributed by atoms with E-state index < -0.39 is 18.0 Å². The van der Waals surface area contributed by atoms with Crippen LogP contribution in [0.4, 0.5) is 4.79 Å². The maximum absolute atomic E-state index is 11.2. The van der Waals surface area contributed by atoms with E-state index in [9.17, 15) is 9.59 Å². The number of urea groups is 1. The number of carbonyl (C=O) groups is 2. The first-order valence-electron chi connectivity index (χ1n) is 4.24. The number of amides is 3. The van der Waals surface area contributed by atoms with E-state index in [-0.39, 0.29) is 4.48 Å². The van der Waals surface area contributed by atoms with Crippen LogP contribution in [0, 0.1) is 6.42 Å². The summed E-state index contributed by atoms with van der Waals surface area (Å²) in [6.45, 7) is 0.558. The highest BCUT2D eigenvalue weighted by molar-refractivity contribution is 5.81. The molecule has 0 aromatic rings. The number of hydrogen-bond donors (Lipinski definition) is 2. The maximum atomic E-state index is 11.2. The summed E-state index contributed by atoms with van der Waals surface area (Å²) in [5.41, 5.74) is 10.4. The lowest BCUT2D eigenvalue weighted by Gasteiger charge is -2.38. The third kappa shape index (κ3) is 1.65. The van der Waals surface area contributed by atoms with Gasteiger partial charge in [-0.1, -0.05) is 0 Å². The van der Waals surface area contributed by atoms with Gasteiger partial charge in [0, 0.05) is 12.8 Å². The highest BCUT2D eigenvalue weighted by atomic mass is 16.2. The number of piperidine rings is 1. The largest absolute Gasteiger partial charge is 0.414 e. The minimum atomic E-state index is -0.494. The van der Waals surface area contributed by atoms with E-state index in [2.05, 4.69) is 0 Å². The molecule has 1 aliphatic heterocycles. The number of carbonyl (C=O) groups excluding carboxylic acids is 2. The summed E-state index contributed by atoms with van der Waals surface area (Å²) in [6.07, 6.45) is 3.30. The Hall–Kier alpha value is -1.10. The highest BCUT2D eigenvalue weighted by Gasteiger charge is 2.44. The van der Waals surface area contributed by atoms with Crippen LogP contribution in [-0.4, -0.2) is 36.1 Å². The number of likely N-dealkylation sites (tertiary alicyclic amines) is 1. The van der Waals surface area contributed by atoms with Crippen molar-refractivity contribution < 1.29 is 14.1 Å². The molecule has 73 valence electrons. The second kappa shape index (κ2) is 3.33. The fourth-order valence-corrected chi connectivity index (χ4v) is 1.68. The Labute approximate surface area is 77.3 Å². The molecular weight excluding hydrogens is 170 g/mol. The molecule has 1 heterocycles. The van der Waals surface area contributed by atoms with Gasteiger partial charge in [-0.25, -0.2) is 9.28 Å². The molecule has 1 saturated heterocycles. The minimum Gasteiger partial charge on any atom is -0.364 e. The number of primary amides is 2. The predicted octanol–water partition coefficient (Wildman–Crippen LogP) is -0.636. The van der Waals surface area contributed by atoms with E-state index in [1.807, 2.05) is 6.42 Å². The summed E-state index contributed by atoms with van der Waals surface area (Å²) in [5, 5.41) is 0. The van der Waals surface area contributed by atoms with Gasteiger partial charge < -0.3 is 11.5 Å². The van der Waals surface area contributed by atoms with Gasteiger partial charge >= 0.3 is 6.03 Å². The summed E-state index contributed by atoms with van der Waals surface area (Å²) >= 11 is 0. The average molecular weight is 185 g/mol. The fraction of sp³-hybridized carbons (Fsp3) is 0.625. The summed E-state index contributed by atoms with van der Waals surface area (Å²) < 4.78 is -0.0637. The first-order chi connectivity index (χ1) is 5.98. The molecule has 13 heavy (non-hydrogen) atoms. The van der Waals surface area contributed by atoms with E-state index in [4.69, 9.17) is 11.5 Å². The van der Waals surface area contributed by atoms with Crippen molar-refractivity contribution in [3.63, 3.8) is 0 Å². The zero-order valence-electron chi connectivity index (χ0n) is 7.69. The van der Waals surface area contributed by atoms with Crippen LogP contribution in [0.1, 0.15) is 12.8 Å². The first kappa shape index (κ1) is 9.98. The molecule has 2 atom stereocenters. The standard InChI is InChI=1S/C8H14N3O2/c1-11(8(10)13)5-3-2-4-6(11)7(9)12/h2,6H,3-5H2,1H3,(H3-,9,10,12,13)/p+1. The van der Waals surface area contributed by atoms with E-state index in [1.165, 1.54) is 0 Å². The Bertz CT molecular complexity index is 242. The summed E-state index contributed by atoms with van der Waals surface area (Å²) in [5.74, 6) is -0.461. The summed E-state index contributed by atoms with van der Waals surface area (Å²) in [4.78, 5) is 22.2. The van der Waals surface area contributed by atoms with Crippen LogP contribution in [0.5, 0.6) is 0 Å². The van der Waals surface area contributed by atoms with Crippen molar-refractivity contribution >= 4 is 11.9 Å². The Morgan fingerprint density at radius 1 is 1.46 bits per heavy atom. The van der Waals surface area contributed by atoms with Gasteiger partial charge in [0.25, 0.3) is 5.91 Å². The molecule has 0 bridgehead atoms. The average Bonchev–Trinajstić information content (AvgIpc) is 2.04. The molecule has 0 aromatic heterocycles. The molecule has 4 N–H and O–H groups in total. The molecule has 3 amide bonds. The number of nitrogens with zero attached hydrogens (tertiary/aromatic N) is 1. The number of quaternary nitrogens is 1. The van der Waals surface area contributed by atoms with Gasteiger partial charge in [-0.05, 0) is 6.42 Å². The van der Waals surface area contributed by atoms with Gasteiger partial charge in [0.2, 0.25) is 0 Å². The molecule has 1 radical (unpaired) electrons.